The molecule has 1 saturated carbocycles. The van der Waals surface area contributed by atoms with Crippen LogP contribution >= 0.6 is 0 Å². The summed E-state index contributed by atoms with van der Waals surface area (Å²) in [6, 6.07) is 0. The van der Waals surface area contributed by atoms with Crippen LogP contribution in [0.25, 0.3) is 0 Å². The highest BCUT2D eigenvalue weighted by Crippen LogP contribution is 2.31. The van der Waals surface area contributed by atoms with Crippen LogP contribution in [0.15, 0.2) is 0 Å². The largest absolute Gasteiger partial charge is 0.469 e. The number of sulfonamides is 1. The molecule has 17 heavy (non-hydrogen) atoms. The van der Waals surface area contributed by atoms with Crippen LogP contribution in [0.1, 0.15) is 25.7 Å². The lowest BCUT2D eigenvalue weighted by Gasteiger charge is -2.18. The van der Waals surface area contributed by atoms with Gasteiger partial charge in [-0.3, -0.25) is 4.79 Å². The van der Waals surface area contributed by atoms with Gasteiger partial charge >= 0.3 is 5.97 Å². The predicted octanol–water partition coefficient (Wildman–Crippen LogP) is -0.404. The number of nitrogens with one attached hydrogen (secondary N) is 1. The molecule has 7 heteroatoms. The molecule has 0 spiro atoms. The highest BCUT2D eigenvalue weighted by Gasteiger charge is 2.41. The minimum Gasteiger partial charge on any atom is -0.469 e. The van der Waals surface area contributed by atoms with E-state index in [1.54, 1.807) is 0 Å². The van der Waals surface area contributed by atoms with E-state index in [1.165, 1.54) is 7.11 Å². The van der Waals surface area contributed by atoms with Gasteiger partial charge in [-0.15, -0.1) is 0 Å². The molecule has 1 rings (SSSR count). The van der Waals surface area contributed by atoms with Crippen molar-refractivity contribution in [3.63, 3.8) is 0 Å². The first kappa shape index (κ1) is 14.4. The van der Waals surface area contributed by atoms with Crippen LogP contribution in [0, 0.1) is 5.92 Å². The molecule has 6 nitrogen and oxygen atoms in total. The molecule has 0 aliphatic heterocycles. The molecule has 0 aromatic heterocycles. The Morgan fingerprint density at radius 3 is 2.76 bits per heavy atom. The van der Waals surface area contributed by atoms with Crippen molar-refractivity contribution in [3.05, 3.63) is 0 Å². The first-order valence-electron chi connectivity index (χ1n) is 5.79. The van der Waals surface area contributed by atoms with E-state index in [0.717, 1.165) is 6.42 Å². The van der Waals surface area contributed by atoms with Gasteiger partial charge in [0.15, 0.2) is 0 Å². The zero-order valence-corrected chi connectivity index (χ0v) is 10.8. The summed E-state index contributed by atoms with van der Waals surface area (Å²) in [6.45, 7) is 0.761. The van der Waals surface area contributed by atoms with Crippen LogP contribution in [0.3, 0.4) is 0 Å². The first-order chi connectivity index (χ1) is 8.03. The van der Waals surface area contributed by atoms with Crippen LogP contribution < -0.4 is 10.5 Å². The average Bonchev–Trinajstić information content (AvgIpc) is 2.78. The van der Waals surface area contributed by atoms with Crippen LogP contribution in [-0.4, -0.2) is 39.8 Å². The zero-order chi connectivity index (χ0) is 12.9. The summed E-state index contributed by atoms with van der Waals surface area (Å²) in [5.41, 5.74) is 5.30. The Kier molecular flexibility index (Phi) is 5.35. The molecule has 1 aliphatic carbocycles. The summed E-state index contributed by atoms with van der Waals surface area (Å²) in [4.78, 5) is 11.5. The fourth-order valence-corrected chi connectivity index (χ4v) is 3.94. The number of hydrogen-bond acceptors (Lipinski definition) is 5. The number of hydrogen-bond donors (Lipinski definition) is 2. The standard InChI is InChI=1S/C10H20N2O4S/c1-16-10(13)8-4-2-5-9(8)17(14,15)12-7-3-6-11/h8-9,12H,2-7,11H2,1H3. The maximum Gasteiger partial charge on any atom is 0.310 e. The lowest BCUT2D eigenvalue weighted by Crippen LogP contribution is -2.40. The minimum absolute atomic E-state index is 0.323. The van der Waals surface area contributed by atoms with Crippen molar-refractivity contribution in [2.24, 2.45) is 11.7 Å². The van der Waals surface area contributed by atoms with Crippen molar-refractivity contribution in [1.82, 2.24) is 4.72 Å². The van der Waals surface area contributed by atoms with Crippen molar-refractivity contribution in [1.29, 1.82) is 0 Å². The van der Waals surface area contributed by atoms with Gasteiger partial charge in [0.25, 0.3) is 0 Å². The molecular formula is C10H20N2O4S. The number of rotatable bonds is 6. The maximum atomic E-state index is 12.0. The second-order valence-electron chi connectivity index (χ2n) is 4.18. The van der Waals surface area contributed by atoms with Crippen LogP contribution in [0.4, 0.5) is 0 Å². The Morgan fingerprint density at radius 2 is 2.18 bits per heavy atom. The van der Waals surface area contributed by atoms with E-state index in [-0.39, 0.29) is 0 Å². The number of esters is 1. The summed E-state index contributed by atoms with van der Waals surface area (Å²) in [7, 11) is -2.16. The van der Waals surface area contributed by atoms with E-state index in [0.29, 0.717) is 32.4 Å². The molecular weight excluding hydrogens is 244 g/mol. The lowest BCUT2D eigenvalue weighted by molar-refractivity contribution is -0.145. The third-order valence-electron chi connectivity index (χ3n) is 3.04. The number of nitrogens with two attached hydrogens (primary N) is 1. The fraction of sp³-hybridized carbons (Fsp3) is 0.900. The Bertz CT molecular complexity index is 355. The van der Waals surface area contributed by atoms with E-state index in [2.05, 4.69) is 9.46 Å². The minimum atomic E-state index is -3.44. The molecule has 0 amide bonds. The van der Waals surface area contributed by atoms with Gasteiger partial charge in [0.1, 0.15) is 0 Å². The van der Waals surface area contributed by atoms with E-state index < -0.39 is 27.2 Å². The second-order valence-corrected chi connectivity index (χ2v) is 6.16. The Hall–Kier alpha value is -0.660. The number of ether oxygens (including phenoxy) is 1. The highest BCUT2D eigenvalue weighted by atomic mass is 32.2. The van der Waals surface area contributed by atoms with E-state index in [9.17, 15) is 13.2 Å². The molecule has 2 atom stereocenters. The van der Waals surface area contributed by atoms with Gasteiger partial charge in [-0.1, -0.05) is 6.42 Å². The summed E-state index contributed by atoms with van der Waals surface area (Å²) in [5, 5.41) is -0.660. The van der Waals surface area contributed by atoms with Gasteiger partial charge in [0.2, 0.25) is 10.0 Å². The monoisotopic (exact) mass is 264 g/mol. The Labute approximate surface area is 102 Å². The van der Waals surface area contributed by atoms with Crippen LogP contribution in [-0.2, 0) is 19.6 Å². The molecule has 2 unspecified atom stereocenters. The van der Waals surface area contributed by atoms with Crippen molar-refractivity contribution in [3.8, 4) is 0 Å². The normalized spacial score (nSPS) is 24.8. The third kappa shape index (κ3) is 3.65. The molecule has 3 N–H and O–H groups in total. The number of carbonyl (C=O) groups excluding carboxylic acids is 1. The van der Waals surface area contributed by atoms with Gasteiger partial charge in [0.05, 0.1) is 18.3 Å². The molecule has 0 saturated heterocycles. The van der Waals surface area contributed by atoms with Crippen LogP contribution in [0.2, 0.25) is 0 Å². The van der Waals surface area contributed by atoms with Crippen molar-refractivity contribution in [2.75, 3.05) is 20.2 Å². The second kappa shape index (κ2) is 6.32. The molecule has 0 bridgehead atoms. The molecule has 0 aromatic carbocycles. The third-order valence-corrected chi connectivity index (χ3v) is 5.01. The smallest absolute Gasteiger partial charge is 0.310 e. The quantitative estimate of drug-likeness (QED) is 0.502. The molecule has 100 valence electrons. The summed E-state index contributed by atoms with van der Waals surface area (Å²) >= 11 is 0. The van der Waals surface area contributed by atoms with Gasteiger partial charge in [-0.2, -0.15) is 0 Å². The Morgan fingerprint density at radius 1 is 1.47 bits per heavy atom. The fourth-order valence-electron chi connectivity index (χ4n) is 2.14. The molecule has 1 fully saturated rings. The van der Waals surface area contributed by atoms with Crippen molar-refractivity contribution < 1.29 is 17.9 Å². The van der Waals surface area contributed by atoms with Crippen molar-refractivity contribution >= 4 is 16.0 Å². The molecule has 0 aromatic rings. The lowest BCUT2D eigenvalue weighted by atomic mass is 10.1. The molecule has 1 aliphatic rings. The van der Waals surface area contributed by atoms with Gasteiger partial charge in [0, 0.05) is 6.54 Å². The number of methoxy groups -OCH3 is 1. The predicted molar refractivity (Wildman–Crippen MR) is 63.7 cm³/mol. The van der Waals surface area contributed by atoms with Gasteiger partial charge < -0.3 is 10.5 Å². The maximum absolute atomic E-state index is 12.0. The summed E-state index contributed by atoms with van der Waals surface area (Å²) in [5.74, 6) is -0.966. The van der Waals surface area contributed by atoms with E-state index in [1.807, 2.05) is 0 Å². The summed E-state index contributed by atoms with van der Waals surface area (Å²) < 4.78 is 31.1. The van der Waals surface area contributed by atoms with Gasteiger partial charge in [-0.05, 0) is 25.8 Å². The number of carbonyl (C=O) groups is 1. The van der Waals surface area contributed by atoms with Crippen molar-refractivity contribution in [2.45, 2.75) is 30.9 Å². The summed E-state index contributed by atoms with van der Waals surface area (Å²) in [6.07, 6.45) is 2.42. The highest BCUT2D eigenvalue weighted by molar-refractivity contribution is 7.90. The Balaban J connectivity index is 2.66. The topological polar surface area (TPSA) is 98.5 Å². The van der Waals surface area contributed by atoms with E-state index >= 15 is 0 Å². The van der Waals surface area contributed by atoms with E-state index in [4.69, 9.17) is 5.73 Å². The zero-order valence-electron chi connectivity index (χ0n) is 10.0. The first-order valence-corrected chi connectivity index (χ1v) is 7.34. The molecule has 0 radical (unpaired) electrons. The average molecular weight is 264 g/mol. The SMILES string of the molecule is COC(=O)C1CCCC1S(=O)(=O)NCCCN. The van der Waals surface area contributed by atoms with Crippen LogP contribution in [0.5, 0.6) is 0 Å². The van der Waals surface area contributed by atoms with Gasteiger partial charge in [-0.25, -0.2) is 13.1 Å². The molecule has 0 heterocycles.